The summed E-state index contributed by atoms with van der Waals surface area (Å²) in [6, 6.07) is 2.15. The average Bonchev–Trinajstić information content (AvgIpc) is 3.18. The van der Waals surface area contributed by atoms with Crippen LogP contribution in [0.3, 0.4) is 0 Å². The predicted octanol–water partition coefficient (Wildman–Crippen LogP) is 4.26. The maximum Gasteiger partial charge on any atom is 0.124 e. The molecule has 0 N–H and O–H groups in total. The van der Waals surface area contributed by atoms with E-state index in [1.165, 1.54) is 42.8 Å². The maximum atomic E-state index is 5.74. The highest BCUT2D eigenvalue weighted by atomic mass is 32.1. The van der Waals surface area contributed by atoms with Gasteiger partial charge in [-0.1, -0.05) is 0 Å². The summed E-state index contributed by atoms with van der Waals surface area (Å²) in [5.74, 6) is 0. The second-order valence-electron chi connectivity index (χ2n) is 6.59. The maximum absolute atomic E-state index is 5.74. The number of ether oxygens (including phenoxy) is 1. The molecule has 1 spiro atoms. The fourth-order valence-electron chi connectivity index (χ4n) is 3.88. The Morgan fingerprint density at radius 2 is 2.36 bits per heavy atom. The Balaban J connectivity index is 1.34. The van der Waals surface area contributed by atoms with Gasteiger partial charge < -0.3 is 4.74 Å². The van der Waals surface area contributed by atoms with Crippen LogP contribution < -0.4 is 0 Å². The van der Waals surface area contributed by atoms with Crippen LogP contribution in [0.1, 0.15) is 31.1 Å². The van der Waals surface area contributed by atoms with Gasteiger partial charge in [0.15, 0.2) is 0 Å². The minimum absolute atomic E-state index is 0.526. The number of nitrogens with zero attached hydrogens (tertiary/aromatic N) is 2. The van der Waals surface area contributed by atoms with Crippen LogP contribution in [-0.4, -0.2) is 35.7 Å². The molecule has 1 saturated heterocycles. The first-order chi connectivity index (χ1) is 10.8. The summed E-state index contributed by atoms with van der Waals surface area (Å²) in [6.45, 7) is 6.48. The normalized spacial score (nSPS) is 28.3. The smallest absolute Gasteiger partial charge is 0.124 e. The van der Waals surface area contributed by atoms with Crippen molar-refractivity contribution in [1.82, 2.24) is 9.88 Å². The lowest BCUT2D eigenvalue weighted by Gasteiger charge is -2.44. The Morgan fingerprint density at radius 3 is 3.14 bits per heavy atom. The third-order valence-electron chi connectivity index (χ3n) is 4.94. The van der Waals surface area contributed by atoms with Crippen molar-refractivity contribution in [1.29, 1.82) is 0 Å². The zero-order valence-corrected chi connectivity index (χ0v) is 14.6. The monoisotopic (exact) mass is 334 g/mol. The Hall–Kier alpha value is -0.750. The van der Waals surface area contributed by atoms with Crippen LogP contribution in [0.5, 0.6) is 0 Å². The highest BCUT2D eigenvalue weighted by Gasteiger charge is 2.48. The summed E-state index contributed by atoms with van der Waals surface area (Å²) in [4.78, 5) is 8.58. The lowest BCUT2D eigenvalue weighted by atomic mass is 9.66. The second kappa shape index (κ2) is 6.04. The Labute approximate surface area is 140 Å². The summed E-state index contributed by atoms with van der Waals surface area (Å²) < 4.78 is 5.74. The van der Waals surface area contributed by atoms with Gasteiger partial charge in [0.25, 0.3) is 0 Å². The standard InChI is InChI=1S/C17H22N2OS2/c1-2-20-14-7-17(8-14)4-5-19(12-17)10-15-9-18-16(22-15)13-3-6-21-11-13/h3,6,9,11,14H,2,4-5,7-8,10,12H2,1H3. The van der Waals surface area contributed by atoms with E-state index in [1.54, 1.807) is 11.3 Å². The zero-order valence-electron chi connectivity index (χ0n) is 13.0. The average molecular weight is 335 g/mol. The Morgan fingerprint density at radius 1 is 1.45 bits per heavy atom. The molecule has 0 atom stereocenters. The van der Waals surface area contributed by atoms with Gasteiger partial charge in [0.2, 0.25) is 0 Å². The van der Waals surface area contributed by atoms with Crippen LogP contribution in [0.2, 0.25) is 0 Å². The lowest BCUT2D eigenvalue weighted by Crippen LogP contribution is -2.44. The van der Waals surface area contributed by atoms with Gasteiger partial charge in [0.05, 0.1) is 6.10 Å². The molecule has 3 heterocycles. The first kappa shape index (κ1) is 14.8. The molecule has 1 aliphatic heterocycles. The Bertz CT molecular complexity index is 616. The van der Waals surface area contributed by atoms with Crippen LogP contribution in [0, 0.1) is 5.41 Å². The number of thiophene rings is 1. The van der Waals surface area contributed by atoms with E-state index in [0.717, 1.165) is 18.2 Å². The lowest BCUT2D eigenvalue weighted by molar-refractivity contribution is -0.0718. The van der Waals surface area contributed by atoms with Crippen LogP contribution in [0.4, 0.5) is 0 Å². The minimum Gasteiger partial charge on any atom is -0.378 e. The number of aromatic nitrogens is 1. The van der Waals surface area contributed by atoms with Crippen molar-refractivity contribution in [2.24, 2.45) is 5.41 Å². The van der Waals surface area contributed by atoms with Crippen LogP contribution in [-0.2, 0) is 11.3 Å². The number of thiazole rings is 1. The molecule has 0 radical (unpaired) electrons. The molecule has 0 amide bonds. The number of rotatable bonds is 5. The summed E-state index contributed by atoms with van der Waals surface area (Å²) in [7, 11) is 0. The molecule has 2 aliphatic rings. The van der Waals surface area contributed by atoms with E-state index in [2.05, 4.69) is 39.8 Å². The fraction of sp³-hybridized carbons (Fsp3) is 0.588. The summed E-state index contributed by atoms with van der Waals surface area (Å²) in [6.07, 6.45) is 6.46. The predicted molar refractivity (Wildman–Crippen MR) is 92.4 cm³/mol. The van der Waals surface area contributed by atoms with E-state index in [1.807, 2.05) is 11.3 Å². The van der Waals surface area contributed by atoms with Gasteiger partial charge >= 0.3 is 0 Å². The zero-order chi connectivity index (χ0) is 15.0. The van der Waals surface area contributed by atoms with Gasteiger partial charge in [-0.2, -0.15) is 11.3 Å². The van der Waals surface area contributed by atoms with Crippen molar-refractivity contribution in [3.8, 4) is 10.6 Å². The molecule has 2 aromatic heterocycles. The van der Waals surface area contributed by atoms with Crippen molar-refractivity contribution >= 4 is 22.7 Å². The van der Waals surface area contributed by atoms with E-state index in [-0.39, 0.29) is 0 Å². The van der Waals surface area contributed by atoms with Crippen molar-refractivity contribution in [3.63, 3.8) is 0 Å². The van der Waals surface area contributed by atoms with Crippen LogP contribution >= 0.6 is 22.7 Å². The van der Waals surface area contributed by atoms with Gasteiger partial charge in [0, 0.05) is 41.7 Å². The molecule has 3 nitrogen and oxygen atoms in total. The topological polar surface area (TPSA) is 25.4 Å². The molecule has 2 fully saturated rings. The number of hydrogen-bond acceptors (Lipinski definition) is 5. The van der Waals surface area contributed by atoms with Crippen molar-refractivity contribution in [2.75, 3.05) is 19.7 Å². The van der Waals surface area contributed by atoms with E-state index in [0.29, 0.717) is 11.5 Å². The molecule has 22 heavy (non-hydrogen) atoms. The molecular weight excluding hydrogens is 312 g/mol. The van der Waals surface area contributed by atoms with Crippen molar-refractivity contribution in [2.45, 2.75) is 38.8 Å². The summed E-state index contributed by atoms with van der Waals surface area (Å²) in [5.41, 5.74) is 1.82. The van der Waals surface area contributed by atoms with E-state index in [9.17, 15) is 0 Å². The molecule has 1 aliphatic carbocycles. The van der Waals surface area contributed by atoms with Gasteiger partial charge in [-0.3, -0.25) is 4.90 Å². The van der Waals surface area contributed by atoms with E-state index in [4.69, 9.17) is 4.74 Å². The first-order valence-corrected chi connectivity index (χ1v) is 9.83. The largest absolute Gasteiger partial charge is 0.378 e. The summed E-state index contributed by atoms with van der Waals surface area (Å²) in [5, 5.41) is 5.45. The van der Waals surface area contributed by atoms with Crippen LogP contribution in [0.15, 0.2) is 23.0 Å². The molecule has 0 bridgehead atoms. The Kier molecular flexibility index (Phi) is 4.07. The molecule has 118 valence electrons. The molecule has 1 saturated carbocycles. The molecule has 2 aromatic rings. The molecular formula is C17H22N2OS2. The van der Waals surface area contributed by atoms with Gasteiger partial charge in [-0.25, -0.2) is 4.98 Å². The quantitative estimate of drug-likeness (QED) is 0.817. The summed E-state index contributed by atoms with van der Waals surface area (Å²) >= 11 is 3.58. The van der Waals surface area contributed by atoms with E-state index < -0.39 is 0 Å². The van der Waals surface area contributed by atoms with Crippen molar-refractivity contribution < 1.29 is 4.74 Å². The highest BCUT2D eigenvalue weighted by Crippen LogP contribution is 2.49. The molecule has 4 rings (SSSR count). The second-order valence-corrected chi connectivity index (χ2v) is 8.49. The van der Waals surface area contributed by atoms with E-state index >= 15 is 0 Å². The first-order valence-electron chi connectivity index (χ1n) is 8.08. The minimum atomic E-state index is 0.526. The van der Waals surface area contributed by atoms with Gasteiger partial charge in [0.1, 0.15) is 5.01 Å². The van der Waals surface area contributed by atoms with Crippen molar-refractivity contribution in [3.05, 3.63) is 27.9 Å². The molecule has 5 heteroatoms. The SMILES string of the molecule is CCOC1CC2(CCN(Cc3cnc(-c4ccsc4)s3)C2)C1. The molecule has 0 aromatic carbocycles. The highest BCUT2D eigenvalue weighted by molar-refractivity contribution is 7.15. The fourth-order valence-corrected chi connectivity index (χ4v) is 5.54. The third-order valence-corrected chi connectivity index (χ3v) is 6.66. The van der Waals surface area contributed by atoms with Gasteiger partial charge in [-0.15, -0.1) is 11.3 Å². The van der Waals surface area contributed by atoms with Gasteiger partial charge in [-0.05, 0) is 49.6 Å². The number of hydrogen-bond donors (Lipinski definition) is 0. The third kappa shape index (κ3) is 2.87. The van der Waals surface area contributed by atoms with Crippen LogP contribution in [0.25, 0.3) is 10.6 Å². The molecule has 0 unspecified atom stereocenters. The number of likely N-dealkylation sites (tertiary alicyclic amines) is 1.